The van der Waals surface area contributed by atoms with Crippen LogP contribution in [0.2, 0.25) is 5.02 Å². The van der Waals surface area contributed by atoms with Gasteiger partial charge in [-0.2, -0.15) is 5.10 Å². The zero-order valence-corrected chi connectivity index (χ0v) is 11.6. The van der Waals surface area contributed by atoms with Crippen LogP contribution < -0.4 is 5.01 Å². The molecule has 0 fully saturated rings. The molecular weight excluding hydrogens is 264 g/mol. The second-order valence-corrected chi connectivity index (χ2v) is 4.91. The highest BCUT2D eigenvalue weighted by molar-refractivity contribution is 7.11. The number of para-hydroxylation sites is 1. The van der Waals surface area contributed by atoms with Crippen LogP contribution in [0, 0.1) is 0 Å². The first-order valence-electron chi connectivity index (χ1n) is 5.49. The van der Waals surface area contributed by atoms with E-state index < -0.39 is 0 Å². The van der Waals surface area contributed by atoms with Gasteiger partial charge in [0.2, 0.25) is 0 Å². The molecule has 2 aromatic rings. The van der Waals surface area contributed by atoms with Gasteiger partial charge in [-0.1, -0.05) is 35.9 Å². The van der Waals surface area contributed by atoms with E-state index in [-0.39, 0.29) is 0 Å². The smallest absolute Gasteiger partial charge is 0.0839 e. The third-order valence-electron chi connectivity index (χ3n) is 2.50. The largest absolute Gasteiger partial charge is 0.232 e. The molecule has 0 saturated carbocycles. The minimum atomic E-state index is 0.654. The zero-order chi connectivity index (χ0) is 13.0. The summed E-state index contributed by atoms with van der Waals surface area (Å²) in [4.78, 5) is 1.13. The van der Waals surface area contributed by atoms with Crippen LogP contribution in [-0.4, -0.2) is 6.72 Å². The topological polar surface area (TPSA) is 15.6 Å². The Morgan fingerprint density at radius 1 is 1.33 bits per heavy atom. The second kappa shape index (κ2) is 5.85. The molecule has 0 spiro atoms. The lowest BCUT2D eigenvalue weighted by molar-refractivity contribution is 1.11. The van der Waals surface area contributed by atoms with Crippen LogP contribution in [0.1, 0.15) is 11.8 Å². The van der Waals surface area contributed by atoms with Gasteiger partial charge >= 0.3 is 0 Å². The van der Waals surface area contributed by atoms with E-state index in [1.807, 2.05) is 48.7 Å². The highest BCUT2D eigenvalue weighted by atomic mass is 35.5. The molecule has 0 amide bonds. The molecule has 0 N–H and O–H groups in total. The molecule has 0 aliphatic heterocycles. The minimum absolute atomic E-state index is 0.654. The fourth-order valence-corrected chi connectivity index (χ4v) is 2.70. The predicted molar refractivity (Wildman–Crippen MR) is 81.5 cm³/mol. The maximum absolute atomic E-state index is 6.21. The van der Waals surface area contributed by atoms with Crippen LogP contribution in [-0.2, 0) is 0 Å². The summed E-state index contributed by atoms with van der Waals surface area (Å²) < 4.78 is 0. The number of thiophene rings is 1. The molecule has 2 rings (SSSR count). The third-order valence-corrected chi connectivity index (χ3v) is 3.71. The summed E-state index contributed by atoms with van der Waals surface area (Å²) in [7, 11) is 0. The van der Waals surface area contributed by atoms with E-state index in [2.05, 4.69) is 17.9 Å². The summed E-state index contributed by atoms with van der Waals surface area (Å²) in [5.41, 5.74) is 1.81. The Morgan fingerprint density at radius 2 is 2.11 bits per heavy atom. The number of halogens is 1. The molecule has 0 unspecified atom stereocenters. The number of anilines is 1. The van der Waals surface area contributed by atoms with Gasteiger partial charge < -0.3 is 0 Å². The summed E-state index contributed by atoms with van der Waals surface area (Å²) in [6.45, 7) is 5.61. The Balaban J connectivity index is 2.46. The molecule has 0 atom stereocenters. The number of hydrogen-bond donors (Lipinski definition) is 0. The number of rotatable bonds is 4. The Hall–Kier alpha value is -1.58. The molecule has 18 heavy (non-hydrogen) atoms. The van der Waals surface area contributed by atoms with E-state index in [1.54, 1.807) is 16.3 Å². The van der Waals surface area contributed by atoms with Gasteiger partial charge in [-0.25, -0.2) is 5.01 Å². The quantitative estimate of drug-likeness (QED) is 0.574. The van der Waals surface area contributed by atoms with Crippen LogP contribution in [0.25, 0.3) is 5.70 Å². The van der Waals surface area contributed by atoms with Gasteiger partial charge in [0.25, 0.3) is 0 Å². The number of allylic oxidation sites excluding steroid dienone is 1. The molecule has 0 aliphatic carbocycles. The van der Waals surface area contributed by atoms with Crippen molar-refractivity contribution in [2.24, 2.45) is 5.10 Å². The summed E-state index contributed by atoms with van der Waals surface area (Å²) in [6.07, 6.45) is 2.00. The van der Waals surface area contributed by atoms with E-state index in [4.69, 9.17) is 11.6 Å². The van der Waals surface area contributed by atoms with E-state index in [0.717, 1.165) is 16.3 Å². The lowest BCUT2D eigenvalue weighted by Gasteiger charge is -2.21. The highest BCUT2D eigenvalue weighted by Crippen LogP contribution is 2.33. The number of hydrazone groups is 1. The molecule has 0 radical (unpaired) electrons. The molecule has 2 nitrogen and oxygen atoms in total. The first kappa shape index (κ1) is 12.9. The SMILES string of the molecule is C=NN(/C(=C\C)c1cccs1)c1ccccc1Cl. The number of benzene rings is 1. The van der Waals surface area contributed by atoms with Crippen molar-refractivity contribution in [3.63, 3.8) is 0 Å². The molecule has 0 saturated heterocycles. The van der Waals surface area contributed by atoms with Crippen LogP contribution in [0.5, 0.6) is 0 Å². The molecule has 0 bridgehead atoms. The van der Waals surface area contributed by atoms with Crippen molar-refractivity contribution in [2.75, 3.05) is 5.01 Å². The average Bonchev–Trinajstić information content (AvgIpc) is 2.90. The Morgan fingerprint density at radius 3 is 2.67 bits per heavy atom. The lowest BCUT2D eigenvalue weighted by atomic mass is 10.2. The zero-order valence-electron chi connectivity index (χ0n) is 10.0. The summed E-state index contributed by atoms with van der Waals surface area (Å²) >= 11 is 7.87. The number of nitrogens with zero attached hydrogens (tertiary/aromatic N) is 2. The van der Waals surface area contributed by atoms with Crippen LogP contribution in [0.3, 0.4) is 0 Å². The monoisotopic (exact) mass is 276 g/mol. The highest BCUT2D eigenvalue weighted by Gasteiger charge is 2.15. The molecule has 1 aromatic heterocycles. The van der Waals surface area contributed by atoms with Gasteiger partial charge in [-0.05, 0) is 30.5 Å². The van der Waals surface area contributed by atoms with E-state index >= 15 is 0 Å². The Kier molecular flexibility index (Phi) is 4.18. The normalized spacial score (nSPS) is 11.3. The van der Waals surface area contributed by atoms with Crippen LogP contribution >= 0.6 is 22.9 Å². The van der Waals surface area contributed by atoms with Gasteiger partial charge in [-0.15, -0.1) is 11.3 Å². The molecule has 92 valence electrons. The molecule has 0 aliphatic rings. The minimum Gasteiger partial charge on any atom is -0.232 e. The van der Waals surface area contributed by atoms with Crippen molar-refractivity contribution in [1.82, 2.24) is 0 Å². The summed E-state index contributed by atoms with van der Waals surface area (Å²) in [6, 6.07) is 11.7. The van der Waals surface area contributed by atoms with Crippen LogP contribution in [0.15, 0.2) is 53.0 Å². The van der Waals surface area contributed by atoms with E-state index in [9.17, 15) is 0 Å². The molecule has 1 aromatic carbocycles. The summed E-state index contributed by atoms with van der Waals surface area (Å²) in [5.74, 6) is 0. The third kappa shape index (κ3) is 2.47. The standard InChI is InChI=1S/C14H13ClN2S/c1-3-12(14-9-6-10-18-14)17(16-2)13-8-5-4-7-11(13)15/h3-10H,2H2,1H3/b12-3-. The lowest BCUT2D eigenvalue weighted by Crippen LogP contribution is -2.13. The van der Waals surface area contributed by atoms with Crippen LogP contribution in [0.4, 0.5) is 5.69 Å². The second-order valence-electron chi connectivity index (χ2n) is 3.56. The molecular formula is C14H13ClN2S. The first-order valence-corrected chi connectivity index (χ1v) is 6.75. The fraction of sp³-hybridized carbons (Fsp3) is 0.0714. The van der Waals surface area contributed by atoms with Gasteiger partial charge in [0.05, 0.1) is 21.3 Å². The fourth-order valence-electron chi connectivity index (χ4n) is 1.70. The van der Waals surface area contributed by atoms with Gasteiger partial charge in [0.1, 0.15) is 0 Å². The van der Waals surface area contributed by atoms with Gasteiger partial charge in [0, 0.05) is 6.72 Å². The molecule has 4 heteroatoms. The van der Waals surface area contributed by atoms with Crippen molar-refractivity contribution in [2.45, 2.75) is 6.92 Å². The maximum Gasteiger partial charge on any atom is 0.0839 e. The van der Waals surface area contributed by atoms with Crippen molar-refractivity contribution in [1.29, 1.82) is 0 Å². The summed E-state index contributed by atoms with van der Waals surface area (Å²) in [5, 5.41) is 8.53. The molecule has 1 heterocycles. The average molecular weight is 277 g/mol. The number of hydrogen-bond acceptors (Lipinski definition) is 3. The van der Waals surface area contributed by atoms with Crippen molar-refractivity contribution in [3.05, 3.63) is 57.8 Å². The Bertz CT molecular complexity index is 561. The van der Waals surface area contributed by atoms with Gasteiger partial charge in [0.15, 0.2) is 0 Å². The van der Waals surface area contributed by atoms with Crippen molar-refractivity contribution < 1.29 is 0 Å². The van der Waals surface area contributed by atoms with Gasteiger partial charge in [-0.3, -0.25) is 0 Å². The maximum atomic E-state index is 6.21. The van der Waals surface area contributed by atoms with Crippen molar-refractivity contribution in [3.8, 4) is 0 Å². The van der Waals surface area contributed by atoms with E-state index in [0.29, 0.717) is 5.02 Å². The van der Waals surface area contributed by atoms with Crippen molar-refractivity contribution >= 4 is 41.0 Å². The van der Waals surface area contributed by atoms with E-state index in [1.165, 1.54) is 0 Å². The Labute approximate surface area is 116 Å². The predicted octanol–water partition coefficient (Wildman–Crippen LogP) is 4.88. The first-order chi connectivity index (χ1) is 8.77.